The Morgan fingerprint density at radius 2 is 1.96 bits per heavy atom. The van der Waals surface area contributed by atoms with Gasteiger partial charge in [-0.2, -0.15) is 0 Å². The van der Waals surface area contributed by atoms with E-state index in [4.69, 9.17) is 4.74 Å². The monoisotopic (exact) mass is 354 g/mol. The number of hydrogen-bond acceptors (Lipinski definition) is 5. The Bertz CT molecular complexity index is 700. The van der Waals surface area contributed by atoms with Gasteiger partial charge in [0.05, 0.1) is 18.6 Å². The van der Waals surface area contributed by atoms with E-state index in [0.29, 0.717) is 24.4 Å². The molecular weight excluding hydrogens is 332 g/mol. The van der Waals surface area contributed by atoms with Crippen LogP contribution in [0.15, 0.2) is 24.3 Å². The minimum absolute atomic E-state index is 0.0212. The fourth-order valence-corrected chi connectivity index (χ4v) is 4.51. The third-order valence-electron chi connectivity index (χ3n) is 4.00. The molecule has 7 nitrogen and oxygen atoms in total. The Kier molecular flexibility index (Phi) is 5.82. The van der Waals surface area contributed by atoms with Crippen LogP contribution in [-0.4, -0.2) is 56.3 Å². The van der Waals surface area contributed by atoms with Gasteiger partial charge in [0.15, 0.2) is 9.84 Å². The van der Waals surface area contributed by atoms with Crippen LogP contribution in [0.5, 0.6) is 5.75 Å². The maximum atomic E-state index is 12.3. The van der Waals surface area contributed by atoms with Crippen LogP contribution in [0, 0.1) is 0 Å². The molecule has 8 heteroatoms. The molecule has 1 unspecified atom stereocenters. The summed E-state index contributed by atoms with van der Waals surface area (Å²) in [5.41, 5.74) is 0.570. The highest BCUT2D eigenvalue weighted by Gasteiger charge is 2.34. The molecule has 1 aromatic rings. The number of nitrogens with one attached hydrogen (secondary N) is 1. The molecule has 1 aromatic carbocycles. The van der Waals surface area contributed by atoms with Crippen LogP contribution < -0.4 is 10.1 Å². The van der Waals surface area contributed by atoms with Crippen LogP contribution in [-0.2, 0) is 19.4 Å². The van der Waals surface area contributed by atoms with Gasteiger partial charge in [-0.3, -0.25) is 9.59 Å². The summed E-state index contributed by atoms with van der Waals surface area (Å²) in [6.07, 6.45) is 0.123. The van der Waals surface area contributed by atoms with Gasteiger partial charge in [-0.1, -0.05) is 0 Å². The minimum atomic E-state index is -3.07. The third-order valence-corrected chi connectivity index (χ3v) is 5.75. The van der Waals surface area contributed by atoms with Gasteiger partial charge >= 0.3 is 0 Å². The molecule has 2 rings (SSSR count). The summed E-state index contributed by atoms with van der Waals surface area (Å²) in [6.45, 7) is 2.17. The van der Waals surface area contributed by atoms with E-state index in [-0.39, 0.29) is 29.9 Å². The van der Waals surface area contributed by atoms with E-state index >= 15 is 0 Å². The molecule has 0 spiro atoms. The molecule has 132 valence electrons. The van der Waals surface area contributed by atoms with Crippen LogP contribution in [0.4, 0.5) is 5.69 Å². The SMILES string of the molecule is CCN(C(=O)CC(=O)Nc1ccc(OC)cc1)C1CCS(=O)(=O)C1. The molecule has 1 aliphatic heterocycles. The second-order valence-electron chi connectivity index (χ2n) is 5.69. The number of nitrogens with zero attached hydrogens (tertiary/aromatic N) is 1. The van der Waals surface area contributed by atoms with E-state index in [1.165, 1.54) is 4.90 Å². The molecule has 0 radical (unpaired) electrons. The predicted octanol–water partition coefficient (Wildman–Crippen LogP) is 1.06. The van der Waals surface area contributed by atoms with E-state index in [9.17, 15) is 18.0 Å². The fourth-order valence-electron chi connectivity index (χ4n) is 2.78. The standard InChI is InChI=1S/C16H22N2O5S/c1-3-18(13-8-9-24(21,22)11-13)16(20)10-15(19)17-12-4-6-14(23-2)7-5-12/h4-7,13H,3,8-11H2,1-2H3,(H,17,19). The topological polar surface area (TPSA) is 92.8 Å². The van der Waals surface area contributed by atoms with Gasteiger partial charge < -0.3 is 15.0 Å². The number of methoxy groups -OCH3 is 1. The first-order chi connectivity index (χ1) is 11.3. The smallest absolute Gasteiger partial charge is 0.233 e. The molecular formula is C16H22N2O5S. The average molecular weight is 354 g/mol. The molecule has 1 heterocycles. The van der Waals surface area contributed by atoms with Crippen molar-refractivity contribution in [1.29, 1.82) is 0 Å². The van der Waals surface area contributed by atoms with Gasteiger partial charge in [0.1, 0.15) is 12.2 Å². The Morgan fingerprint density at radius 3 is 2.46 bits per heavy atom. The molecule has 0 bridgehead atoms. The zero-order valence-electron chi connectivity index (χ0n) is 13.8. The van der Waals surface area contributed by atoms with Crippen molar-refractivity contribution in [2.75, 3.05) is 30.5 Å². The van der Waals surface area contributed by atoms with Gasteiger partial charge in [-0.25, -0.2) is 8.42 Å². The van der Waals surface area contributed by atoms with Crippen LogP contribution in [0.25, 0.3) is 0 Å². The van der Waals surface area contributed by atoms with Crippen LogP contribution in [0.1, 0.15) is 19.8 Å². The van der Waals surface area contributed by atoms with Gasteiger partial charge in [0.2, 0.25) is 11.8 Å². The van der Waals surface area contributed by atoms with Gasteiger partial charge in [0, 0.05) is 18.3 Å². The van der Waals surface area contributed by atoms with Crippen molar-refractivity contribution in [2.45, 2.75) is 25.8 Å². The largest absolute Gasteiger partial charge is 0.497 e. The van der Waals surface area contributed by atoms with Crippen molar-refractivity contribution in [3.8, 4) is 5.75 Å². The molecule has 1 fully saturated rings. The molecule has 24 heavy (non-hydrogen) atoms. The lowest BCUT2D eigenvalue weighted by Crippen LogP contribution is -2.42. The second kappa shape index (κ2) is 7.65. The number of anilines is 1. The highest BCUT2D eigenvalue weighted by Crippen LogP contribution is 2.19. The zero-order chi connectivity index (χ0) is 17.7. The van der Waals surface area contributed by atoms with Crippen LogP contribution in [0.2, 0.25) is 0 Å². The molecule has 1 saturated heterocycles. The molecule has 1 atom stereocenters. The predicted molar refractivity (Wildman–Crippen MR) is 90.7 cm³/mol. The molecule has 1 N–H and O–H groups in total. The maximum absolute atomic E-state index is 12.3. The number of amides is 2. The summed E-state index contributed by atoms with van der Waals surface area (Å²) in [7, 11) is -1.52. The van der Waals surface area contributed by atoms with Crippen LogP contribution in [0.3, 0.4) is 0 Å². The van der Waals surface area contributed by atoms with Gasteiger partial charge in [-0.05, 0) is 37.6 Å². The Hall–Kier alpha value is -2.09. The summed E-state index contributed by atoms with van der Waals surface area (Å²) in [4.78, 5) is 25.8. The van der Waals surface area contributed by atoms with E-state index < -0.39 is 15.7 Å². The van der Waals surface area contributed by atoms with Crippen molar-refractivity contribution in [1.82, 2.24) is 4.90 Å². The summed E-state index contributed by atoms with van der Waals surface area (Å²) >= 11 is 0. The number of carbonyl (C=O) groups is 2. The first-order valence-electron chi connectivity index (χ1n) is 7.78. The maximum Gasteiger partial charge on any atom is 0.233 e. The minimum Gasteiger partial charge on any atom is -0.497 e. The summed E-state index contributed by atoms with van der Waals surface area (Å²) < 4.78 is 28.2. The van der Waals surface area contributed by atoms with E-state index in [0.717, 1.165) is 0 Å². The quantitative estimate of drug-likeness (QED) is 0.771. The highest BCUT2D eigenvalue weighted by molar-refractivity contribution is 7.91. The number of hydrogen-bond donors (Lipinski definition) is 1. The van der Waals surface area contributed by atoms with Gasteiger partial charge in [0.25, 0.3) is 0 Å². The summed E-state index contributed by atoms with van der Waals surface area (Å²) in [5.74, 6) is -0.0367. The normalized spacial score (nSPS) is 18.8. The van der Waals surface area contributed by atoms with E-state index in [1.807, 2.05) is 0 Å². The van der Waals surface area contributed by atoms with Crippen LogP contribution >= 0.6 is 0 Å². The lowest BCUT2D eigenvalue weighted by atomic mass is 10.2. The van der Waals surface area contributed by atoms with Crippen molar-refractivity contribution in [3.63, 3.8) is 0 Å². The first kappa shape index (κ1) is 18.3. The lowest BCUT2D eigenvalue weighted by Gasteiger charge is -2.26. The molecule has 0 aliphatic carbocycles. The number of ether oxygens (including phenoxy) is 1. The second-order valence-corrected chi connectivity index (χ2v) is 7.92. The average Bonchev–Trinajstić information content (AvgIpc) is 2.88. The van der Waals surface area contributed by atoms with E-state index in [2.05, 4.69) is 5.32 Å². The zero-order valence-corrected chi connectivity index (χ0v) is 14.6. The number of carbonyl (C=O) groups excluding carboxylic acids is 2. The van der Waals surface area contributed by atoms with Crippen molar-refractivity contribution in [3.05, 3.63) is 24.3 Å². The molecule has 2 amide bonds. The van der Waals surface area contributed by atoms with Crippen molar-refractivity contribution >= 4 is 27.3 Å². The fraction of sp³-hybridized carbons (Fsp3) is 0.500. The van der Waals surface area contributed by atoms with Gasteiger partial charge in [-0.15, -0.1) is 0 Å². The number of benzene rings is 1. The highest BCUT2D eigenvalue weighted by atomic mass is 32.2. The Morgan fingerprint density at radius 1 is 1.29 bits per heavy atom. The Labute approximate surface area is 141 Å². The van der Waals surface area contributed by atoms with Crippen molar-refractivity contribution in [2.24, 2.45) is 0 Å². The molecule has 1 aliphatic rings. The molecule has 0 saturated carbocycles. The lowest BCUT2D eigenvalue weighted by molar-refractivity contribution is -0.135. The molecule has 0 aromatic heterocycles. The first-order valence-corrected chi connectivity index (χ1v) is 9.60. The number of rotatable bonds is 6. The third kappa shape index (κ3) is 4.70. The number of sulfone groups is 1. The van der Waals surface area contributed by atoms with E-state index in [1.54, 1.807) is 38.3 Å². The summed E-state index contributed by atoms with van der Waals surface area (Å²) in [5, 5.41) is 2.65. The van der Waals surface area contributed by atoms with Crippen molar-refractivity contribution < 1.29 is 22.7 Å². The summed E-state index contributed by atoms with van der Waals surface area (Å²) in [6, 6.07) is 6.45. The Balaban J connectivity index is 1.93.